The van der Waals surface area contributed by atoms with E-state index in [4.69, 9.17) is 4.74 Å². The lowest BCUT2D eigenvalue weighted by Gasteiger charge is -2.24. The topological polar surface area (TPSA) is 53.3 Å². The van der Waals surface area contributed by atoms with E-state index in [1.807, 2.05) is 35.2 Å². The zero-order valence-electron chi connectivity index (χ0n) is 12.8. The van der Waals surface area contributed by atoms with Crippen LogP contribution < -0.4 is 4.74 Å². The Labute approximate surface area is 135 Å². The first kappa shape index (κ1) is 15.1. The maximum Gasteiger partial charge on any atom is 0.268 e. The zero-order valence-corrected chi connectivity index (χ0v) is 12.8. The van der Waals surface area contributed by atoms with Gasteiger partial charge in [-0.1, -0.05) is 42.5 Å². The van der Waals surface area contributed by atoms with Crippen LogP contribution in [0.3, 0.4) is 0 Å². The number of nitriles is 1. The van der Waals surface area contributed by atoms with Crippen LogP contribution in [0.4, 0.5) is 0 Å². The minimum atomic E-state index is -0.719. The molecule has 23 heavy (non-hydrogen) atoms. The van der Waals surface area contributed by atoms with E-state index >= 15 is 0 Å². The van der Waals surface area contributed by atoms with E-state index in [1.54, 1.807) is 24.3 Å². The number of amides is 1. The number of carbonyl (C=O) groups excluding carboxylic acids is 1. The first-order chi connectivity index (χ1) is 11.3. The molecule has 0 saturated carbocycles. The summed E-state index contributed by atoms with van der Waals surface area (Å²) < 4.78 is 5.98. The zero-order chi connectivity index (χ0) is 16.1. The summed E-state index contributed by atoms with van der Waals surface area (Å²) >= 11 is 0. The summed E-state index contributed by atoms with van der Waals surface area (Å²) in [5.74, 6) is 0.401. The van der Waals surface area contributed by atoms with Crippen LogP contribution in [-0.4, -0.2) is 23.9 Å². The summed E-state index contributed by atoms with van der Waals surface area (Å²) in [6.07, 6.45) is 1.34. The van der Waals surface area contributed by atoms with Crippen molar-refractivity contribution in [3.63, 3.8) is 0 Å². The van der Waals surface area contributed by atoms with Crippen molar-refractivity contribution in [3.8, 4) is 11.8 Å². The van der Waals surface area contributed by atoms with Crippen molar-refractivity contribution in [2.24, 2.45) is 0 Å². The molecule has 1 unspecified atom stereocenters. The normalized spacial score (nSPS) is 15.0. The van der Waals surface area contributed by atoms with Gasteiger partial charge in [-0.3, -0.25) is 4.79 Å². The summed E-state index contributed by atoms with van der Waals surface area (Å²) in [6.45, 7) is 1.54. The van der Waals surface area contributed by atoms with Crippen molar-refractivity contribution in [2.45, 2.75) is 18.9 Å². The predicted molar refractivity (Wildman–Crippen MR) is 86.8 cm³/mol. The second-order valence-corrected chi connectivity index (χ2v) is 5.55. The molecule has 0 spiro atoms. The molecule has 2 aromatic rings. The van der Waals surface area contributed by atoms with E-state index in [9.17, 15) is 10.1 Å². The molecule has 0 aliphatic carbocycles. The van der Waals surface area contributed by atoms with Gasteiger partial charge in [0.1, 0.15) is 11.8 Å². The van der Waals surface area contributed by atoms with Gasteiger partial charge >= 0.3 is 0 Å². The van der Waals surface area contributed by atoms with Gasteiger partial charge in [-0.25, -0.2) is 0 Å². The fourth-order valence-corrected chi connectivity index (χ4v) is 2.78. The van der Waals surface area contributed by atoms with Gasteiger partial charge in [0.05, 0.1) is 5.56 Å². The van der Waals surface area contributed by atoms with E-state index in [2.05, 4.69) is 6.07 Å². The van der Waals surface area contributed by atoms with Gasteiger partial charge < -0.3 is 9.64 Å². The van der Waals surface area contributed by atoms with Crippen LogP contribution in [-0.2, 0) is 4.79 Å². The summed E-state index contributed by atoms with van der Waals surface area (Å²) in [5, 5.41) is 9.23. The molecule has 1 aliphatic rings. The average molecular weight is 306 g/mol. The third kappa shape index (κ3) is 3.35. The Kier molecular flexibility index (Phi) is 4.58. The molecule has 2 aromatic carbocycles. The molecule has 1 aliphatic heterocycles. The molecule has 116 valence electrons. The van der Waals surface area contributed by atoms with Gasteiger partial charge in [-0.05, 0) is 25.0 Å². The Bertz CT molecular complexity index is 716. The average Bonchev–Trinajstić information content (AvgIpc) is 3.15. The molecule has 1 fully saturated rings. The highest BCUT2D eigenvalue weighted by atomic mass is 16.5. The maximum atomic E-state index is 12.9. The van der Waals surface area contributed by atoms with Gasteiger partial charge in [-0.2, -0.15) is 5.26 Å². The SMILES string of the molecule is N#Cc1ccccc1OC(C(=O)N1CCCC1)c1ccccc1. The van der Waals surface area contributed by atoms with Crippen LogP contribution in [0.1, 0.15) is 30.1 Å². The van der Waals surface area contributed by atoms with E-state index in [-0.39, 0.29) is 5.91 Å². The van der Waals surface area contributed by atoms with Crippen LogP contribution in [0.25, 0.3) is 0 Å². The first-order valence-electron chi connectivity index (χ1n) is 7.79. The van der Waals surface area contributed by atoms with E-state index in [0.29, 0.717) is 11.3 Å². The Morgan fingerprint density at radius 3 is 2.39 bits per heavy atom. The summed E-state index contributed by atoms with van der Waals surface area (Å²) in [4.78, 5) is 14.7. The standard InChI is InChI=1S/C19H18N2O2/c20-14-16-10-4-5-11-17(16)23-18(15-8-2-1-3-9-15)19(22)21-12-6-7-13-21/h1-5,8-11,18H,6-7,12-13H2. The number of hydrogen-bond acceptors (Lipinski definition) is 3. The molecule has 1 saturated heterocycles. The van der Waals surface area contributed by atoms with Crippen LogP contribution >= 0.6 is 0 Å². The Balaban J connectivity index is 1.92. The molecule has 0 aromatic heterocycles. The number of nitrogens with zero attached hydrogens (tertiary/aromatic N) is 2. The van der Waals surface area contributed by atoms with Crippen LogP contribution in [0.5, 0.6) is 5.75 Å². The second-order valence-electron chi connectivity index (χ2n) is 5.55. The molecule has 4 heteroatoms. The van der Waals surface area contributed by atoms with Crippen LogP contribution in [0.2, 0.25) is 0 Å². The fourth-order valence-electron chi connectivity index (χ4n) is 2.78. The van der Waals surface area contributed by atoms with Gasteiger partial charge in [0.15, 0.2) is 0 Å². The number of para-hydroxylation sites is 1. The van der Waals surface area contributed by atoms with Crippen molar-refractivity contribution in [1.82, 2.24) is 4.90 Å². The number of carbonyl (C=O) groups is 1. The van der Waals surface area contributed by atoms with Crippen molar-refractivity contribution in [3.05, 3.63) is 65.7 Å². The lowest BCUT2D eigenvalue weighted by Crippen LogP contribution is -2.35. The van der Waals surface area contributed by atoms with Crippen molar-refractivity contribution in [2.75, 3.05) is 13.1 Å². The highest BCUT2D eigenvalue weighted by Gasteiger charge is 2.29. The highest BCUT2D eigenvalue weighted by molar-refractivity contribution is 5.83. The highest BCUT2D eigenvalue weighted by Crippen LogP contribution is 2.27. The summed E-state index contributed by atoms with van der Waals surface area (Å²) in [5.41, 5.74) is 1.24. The molecule has 1 amide bonds. The molecule has 1 heterocycles. The Morgan fingerprint density at radius 1 is 1.04 bits per heavy atom. The number of hydrogen-bond donors (Lipinski definition) is 0. The summed E-state index contributed by atoms with van der Waals surface area (Å²) in [7, 11) is 0. The molecule has 0 bridgehead atoms. The molecular formula is C19H18N2O2. The molecular weight excluding hydrogens is 288 g/mol. The summed E-state index contributed by atoms with van der Waals surface area (Å²) in [6, 6.07) is 18.6. The number of benzene rings is 2. The fraction of sp³-hybridized carbons (Fsp3) is 0.263. The monoisotopic (exact) mass is 306 g/mol. The van der Waals surface area contributed by atoms with Gasteiger partial charge in [0, 0.05) is 18.7 Å². The van der Waals surface area contributed by atoms with E-state index < -0.39 is 6.10 Å². The van der Waals surface area contributed by atoms with Crippen molar-refractivity contribution >= 4 is 5.91 Å². The smallest absolute Gasteiger partial charge is 0.268 e. The molecule has 0 radical (unpaired) electrons. The number of likely N-dealkylation sites (tertiary alicyclic amines) is 1. The Morgan fingerprint density at radius 2 is 1.70 bits per heavy atom. The molecule has 0 N–H and O–H groups in total. The van der Waals surface area contributed by atoms with E-state index in [1.165, 1.54) is 0 Å². The largest absolute Gasteiger partial charge is 0.474 e. The molecule has 4 nitrogen and oxygen atoms in total. The van der Waals surface area contributed by atoms with Crippen molar-refractivity contribution in [1.29, 1.82) is 5.26 Å². The lowest BCUT2D eigenvalue weighted by atomic mass is 10.1. The van der Waals surface area contributed by atoms with Crippen LogP contribution in [0.15, 0.2) is 54.6 Å². The lowest BCUT2D eigenvalue weighted by molar-refractivity contribution is -0.138. The van der Waals surface area contributed by atoms with Gasteiger partial charge in [0.25, 0.3) is 5.91 Å². The number of rotatable bonds is 4. The minimum absolute atomic E-state index is 0.0403. The van der Waals surface area contributed by atoms with Gasteiger partial charge in [-0.15, -0.1) is 0 Å². The quantitative estimate of drug-likeness (QED) is 0.871. The molecule has 3 rings (SSSR count). The van der Waals surface area contributed by atoms with E-state index in [0.717, 1.165) is 31.5 Å². The van der Waals surface area contributed by atoms with Gasteiger partial charge in [0.2, 0.25) is 6.10 Å². The minimum Gasteiger partial charge on any atom is -0.474 e. The predicted octanol–water partition coefficient (Wildman–Crippen LogP) is 3.30. The molecule has 1 atom stereocenters. The maximum absolute atomic E-state index is 12.9. The van der Waals surface area contributed by atoms with Crippen molar-refractivity contribution < 1.29 is 9.53 Å². The second kappa shape index (κ2) is 6.97. The number of ether oxygens (including phenoxy) is 1. The Hall–Kier alpha value is -2.80. The third-order valence-electron chi connectivity index (χ3n) is 4.00. The first-order valence-corrected chi connectivity index (χ1v) is 7.79. The third-order valence-corrected chi connectivity index (χ3v) is 4.00. The van der Waals surface area contributed by atoms with Crippen LogP contribution in [0, 0.1) is 11.3 Å².